The van der Waals surface area contributed by atoms with E-state index in [-0.39, 0.29) is 17.3 Å². The van der Waals surface area contributed by atoms with E-state index in [0.717, 1.165) is 16.5 Å². The number of halogens is 1. The van der Waals surface area contributed by atoms with Crippen LogP contribution in [0.2, 0.25) is 0 Å². The van der Waals surface area contributed by atoms with E-state index in [4.69, 9.17) is 9.52 Å². The topological polar surface area (TPSA) is 56.9 Å². The average Bonchev–Trinajstić information content (AvgIpc) is 3.17. The van der Waals surface area contributed by atoms with Gasteiger partial charge in [-0.1, -0.05) is 18.2 Å². The van der Waals surface area contributed by atoms with Gasteiger partial charge in [0.2, 0.25) is 0 Å². The van der Waals surface area contributed by atoms with Gasteiger partial charge < -0.3 is 9.52 Å². The quantitative estimate of drug-likeness (QED) is 0.602. The van der Waals surface area contributed by atoms with Crippen molar-refractivity contribution >= 4 is 16.9 Å². The second-order valence-electron chi connectivity index (χ2n) is 9.63. The van der Waals surface area contributed by atoms with Gasteiger partial charge in [-0.25, -0.2) is 4.39 Å². The first-order valence-electron chi connectivity index (χ1n) is 11.5. The predicted molar refractivity (Wildman–Crippen MR) is 120 cm³/mol. The Morgan fingerprint density at radius 2 is 1.88 bits per heavy atom. The van der Waals surface area contributed by atoms with Crippen molar-refractivity contribution in [2.24, 2.45) is 5.92 Å². The molecule has 0 unspecified atom stereocenters. The highest BCUT2D eigenvalue weighted by Gasteiger charge is 2.50. The minimum absolute atomic E-state index is 0.182. The van der Waals surface area contributed by atoms with E-state index < -0.39 is 5.97 Å². The van der Waals surface area contributed by atoms with E-state index in [1.807, 2.05) is 17.0 Å². The van der Waals surface area contributed by atoms with Gasteiger partial charge in [0.05, 0.1) is 11.5 Å². The molecule has 0 atom stereocenters. The van der Waals surface area contributed by atoms with E-state index in [2.05, 4.69) is 23.1 Å². The number of benzene rings is 2. The van der Waals surface area contributed by atoms with Gasteiger partial charge in [0.1, 0.15) is 17.2 Å². The summed E-state index contributed by atoms with van der Waals surface area (Å²) >= 11 is 0. The number of aliphatic carboxylic acids is 1. The van der Waals surface area contributed by atoms with Gasteiger partial charge in [-0.15, -0.1) is 0 Å². The Labute approximate surface area is 186 Å². The molecule has 1 saturated carbocycles. The lowest BCUT2D eigenvalue weighted by Crippen LogP contribution is -2.49. The molecule has 32 heavy (non-hydrogen) atoms. The van der Waals surface area contributed by atoms with Gasteiger partial charge in [-0.2, -0.15) is 0 Å². The number of furan rings is 1. The molecule has 2 aromatic carbocycles. The summed E-state index contributed by atoms with van der Waals surface area (Å²) in [5.74, 6) is -0.835. The van der Waals surface area contributed by atoms with Gasteiger partial charge in [0, 0.05) is 30.6 Å². The Morgan fingerprint density at radius 3 is 2.56 bits per heavy atom. The molecule has 1 N–H and O–H groups in total. The van der Waals surface area contributed by atoms with Crippen LogP contribution in [0, 0.1) is 11.7 Å². The van der Waals surface area contributed by atoms with Crippen LogP contribution in [0.4, 0.5) is 4.39 Å². The van der Waals surface area contributed by atoms with Gasteiger partial charge >= 0.3 is 5.97 Å². The first kappa shape index (κ1) is 19.9. The number of hydrogen-bond acceptors (Lipinski definition) is 4. The largest absolute Gasteiger partial charge is 0.481 e. The molecule has 1 aliphatic carbocycles. The van der Waals surface area contributed by atoms with Crippen LogP contribution in [0.3, 0.4) is 0 Å². The first-order valence-corrected chi connectivity index (χ1v) is 11.5. The third kappa shape index (κ3) is 3.33. The number of likely N-dealkylation sites (tertiary alicyclic amines) is 2. The van der Waals surface area contributed by atoms with Crippen molar-refractivity contribution in [1.29, 1.82) is 0 Å². The minimum Gasteiger partial charge on any atom is -0.481 e. The van der Waals surface area contributed by atoms with E-state index >= 15 is 0 Å². The molecular weight excluding hydrogens is 407 g/mol. The molecule has 0 radical (unpaired) electrons. The predicted octanol–water partition coefficient (Wildman–Crippen LogP) is 4.84. The van der Waals surface area contributed by atoms with Crippen LogP contribution in [0.15, 0.2) is 46.9 Å². The van der Waals surface area contributed by atoms with Crippen LogP contribution in [0.25, 0.3) is 22.3 Å². The van der Waals surface area contributed by atoms with Gasteiger partial charge in [-0.05, 0) is 74.2 Å². The van der Waals surface area contributed by atoms with Crippen molar-refractivity contribution in [3.63, 3.8) is 0 Å². The zero-order valence-corrected chi connectivity index (χ0v) is 18.0. The summed E-state index contributed by atoms with van der Waals surface area (Å²) in [4.78, 5) is 15.6. The Kier molecular flexibility index (Phi) is 4.63. The van der Waals surface area contributed by atoms with Gasteiger partial charge in [-0.3, -0.25) is 14.6 Å². The van der Waals surface area contributed by atoms with Crippen molar-refractivity contribution in [3.8, 4) is 11.3 Å². The SMILES string of the molecule is O=C(O)C1CN(Cc2ccc(-c3cc4ccc(C5(N6CCCC6)CC5)cc4o3)c(F)c2)C1. The van der Waals surface area contributed by atoms with Crippen molar-refractivity contribution in [2.75, 3.05) is 26.2 Å². The van der Waals surface area contributed by atoms with Crippen molar-refractivity contribution < 1.29 is 18.7 Å². The number of carbonyl (C=O) groups is 1. The number of fused-ring (bicyclic) bond motifs is 1. The molecule has 0 spiro atoms. The third-order valence-electron chi connectivity index (χ3n) is 7.50. The standard InChI is InChI=1S/C26H27FN2O3/c27-22-11-17(14-28-15-19(16-28)25(30)31)3-6-21(22)24-12-18-4-5-20(13-23(18)32-24)26(7-8-26)29-9-1-2-10-29/h3-6,11-13,19H,1-2,7-10,14-16H2,(H,30,31). The van der Waals surface area contributed by atoms with Gasteiger partial charge in [0.15, 0.2) is 0 Å². The maximum atomic E-state index is 14.9. The van der Waals surface area contributed by atoms with Gasteiger partial charge in [0.25, 0.3) is 0 Å². The molecule has 1 aromatic heterocycles. The van der Waals surface area contributed by atoms with Crippen LogP contribution >= 0.6 is 0 Å². The zero-order valence-electron chi connectivity index (χ0n) is 18.0. The first-order chi connectivity index (χ1) is 15.5. The number of nitrogens with zero attached hydrogens (tertiary/aromatic N) is 2. The summed E-state index contributed by atoms with van der Waals surface area (Å²) in [6, 6.07) is 13.6. The molecule has 0 bridgehead atoms. The molecule has 6 heteroatoms. The highest BCUT2D eigenvalue weighted by molar-refractivity contribution is 5.84. The van der Waals surface area contributed by atoms with Crippen LogP contribution < -0.4 is 0 Å². The fourth-order valence-corrected chi connectivity index (χ4v) is 5.47. The van der Waals surface area contributed by atoms with E-state index in [9.17, 15) is 9.18 Å². The summed E-state index contributed by atoms with van der Waals surface area (Å²) in [5.41, 5.74) is 3.61. The van der Waals surface area contributed by atoms with Crippen LogP contribution in [0.1, 0.15) is 36.8 Å². The molecular formula is C26H27FN2O3. The van der Waals surface area contributed by atoms with Crippen LogP contribution in [-0.2, 0) is 16.9 Å². The van der Waals surface area contributed by atoms with Crippen molar-refractivity contribution in [2.45, 2.75) is 37.8 Å². The normalized spacial score (nSPS) is 21.2. The lowest BCUT2D eigenvalue weighted by atomic mass is 9.99. The fraction of sp³-hybridized carbons (Fsp3) is 0.423. The maximum Gasteiger partial charge on any atom is 0.309 e. The Bertz CT molecular complexity index is 1190. The molecule has 3 aliphatic rings. The summed E-state index contributed by atoms with van der Waals surface area (Å²) in [6.07, 6.45) is 4.96. The van der Waals surface area contributed by atoms with Crippen molar-refractivity contribution in [1.82, 2.24) is 9.80 Å². The maximum absolute atomic E-state index is 14.9. The number of hydrogen-bond donors (Lipinski definition) is 1. The summed E-state index contributed by atoms with van der Waals surface area (Å²) in [5, 5.41) is 9.99. The highest BCUT2D eigenvalue weighted by atomic mass is 19.1. The number of carboxylic acid groups (broad SMARTS) is 1. The molecule has 2 saturated heterocycles. The van der Waals surface area contributed by atoms with Crippen LogP contribution in [-0.4, -0.2) is 47.1 Å². The molecule has 166 valence electrons. The summed E-state index contributed by atoms with van der Waals surface area (Å²) in [7, 11) is 0. The lowest BCUT2D eigenvalue weighted by molar-refractivity contribution is -0.147. The summed E-state index contributed by atoms with van der Waals surface area (Å²) in [6.45, 7) is 3.94. The second kappa shape index (κ2) is 7.42. The van der Waals surface area contributed by atoms with Crippen molar-refractivity contribution in [3.05, 3.63) is 59.4 Å². The monoisotopic (exact) mass is 434 g/mol. The lowest BCUT2D eigenvalue weighted by Gasteiger charge is -2.36. The highest BCUT2D eigenvalue weighted by Crippen LogP contribution is 2.52. The molecule has 3 fully saturated rings. The zero-order chi connectivity index (χ0) is 21.9. The smallest absolute Gasteiger partial charge is 0.309 e. The summed E-state index contributed by atoms with van der Waals surface area (Å²) < 4.78 is 21.1. The van der Waals surface area contributed by atoms with E-state index in [1.54, 1.807) is 6.07 Å². The number of carboxylic acids is 1. The second-order valence-corrected chi connectivity index (χ2v) is 9.63. The molecule has 0 amide bonds. The fourth-order valence-electron chi connectivity index (χ4n) is 5.47. The number of rotatable bonds is 6. The molecule has 3 heterocycles. The third-order valence-corrected chi connectivity index (χ3v) is 7.50. The minimum atomic E-state index is -0.760. The van der Waals surface area contributed by atoms with E-state index in [0.29, 0.717) is 31.0 Å². The molecule has 5 nitrogen and oxygen atoms in total. The molecule has 6 rings (SSSR count). The Balaban J connectivity index is 1.22. The van der Waals surface area contributed by atoms with E-state index in [1.165, 1.54) is 50.4 Å². The average molecular weight is 435 g/mol. The Morgan fingerprint density at radius 1 is 1.09 bits per heavy atom. The Hall–Kier alpha value is -2.70. The molecule has 3 aromatic rings. The molecule has 2 aliphatic heterocycles. The van der Waals surface area contributed by atoms with Crippen LogP contribution in [0.5, 0.6) is 0 Å².